The number of carbonyl (C=O) groups is 1. The van der Waals surface area contributed by atoms with E-state index in [0.29, 0.717) is 38.5 Å². The normalized spacial score (nSPS) is 11.4. The van der Waals surface area contributed by atoms with E-state index in [1.807, 2.05) is 31.2 Å². The molecule has 0 radical (unpaired) electrons. The molecule has 0 aromatic heterocycles. The van der Waals surface area contributed by atoms with Crippen LogP contribution in [0.2, 0.25) is 0 Å². The molecule has 0 saturated carbocycles. The molecular weight excluding hydrogens is 266 g/mol. The Hall–Kier alpha value is -1.39. The van der Waals surface area contributed by atoms with Crippen LogP contribution in [0.15, 0.2) is 24.3 Å². The van der Waals surface area contributed by atoms with Crippen LogP contribution in [0.25, 0.3) is 0 Å². The molecule has 0 heterocycles. The molecule has 1 amide bonds. The van der Waals surface area contributed by atoms with Gasteiger partial charge in [-0.1, -0.05) is 32.9 Å². The van der Waals surface area contributed by atoms with E-state index in [0.717, 1.165) is 0 Å². The van der Waals surface area contributed by atoms with Gasteiger partial charge in [0, 0.05) is 18.7 Å². The Morgan fingerprint density at radius 3 is 2.24 bits per heavy atom. The summed E-state index contributed by atoms with van der Waals surface area (Å²) in [5.41, 5.74) is 2.00. The van der Waals surface area contributed by atoms with Crippen LogP contribution >= 0.6 is 0 Å². The van der Waals surface area contributed by atoms with Crippen molar-refractivity contribution in [1.82, 2.24) is 5.32 Å². The van der Waals surface area contributed by atoms with E-state index in [-0.39, 0.29) is 11.3 Å². The number of hydrogen-bond donors (Lipinski definition) is 1. The highest BCUT2D eigenvalue weighted by atomic mass is 16.5. The quantitative estimate of drug-likeness (QED) is 0.750. The summed E-state index contributed by atoms with van der Waals surface area (Å²) in [5.74, 6) is -0.0659. The fraction of sp³-hybridized carbons (Fsp3) is 0.588. The number of carbonyl (C=O) groups excluding carboxylic acids is 1. The zero-order chi connectivity index (χ0) is 15.7. The van der Waals surface area contributed by atoms with Crippen LogP contribution in [0.1, 0.15) is 43.6 Å². The van der Waals surface area contributed by atoms with Crippen molar-refractivity contribution in [3.8, 4) is 0 Å². The van der Waals surface area contributed by atoms with Crippen molar-refractivity contribution in [2.75, 3.05) is 33.0 Å². The Bertz CT molecular complexity index is 421. The lowest BCUT2D eigenvalue weighted by Crippen LogP contribution is -2.27. The zero-order valence-corrected chi connectivity index (χ0v) is 13.6. The van der Waals surface area contributed by atoms with Crippen molar-refractivity contribution in [2.24, 2.45) is 0 Å². The Labute approximate surface area is 127 Å². The van der Waals surface area contributed by atoms with Gasteiger partial charge in [0.2, 0.25) is 0 Å². The smallest absolute Gasteiger partial charge is 0.251 e. The average Bonchev–Trinajstić information content (AvgIpc) is 2.45. The lowest BCUT2D eigenvalue weighted by Gasteiger charge is -2.19. The Morgan fingerprint density at radius 2 is 1.67 bits per heavy atom. The Morgan fingerprint density at radius 1 is 1.05 bits per heavy atom. The molecular formula is C17H27NO3. The van der Waals surface area contributed by atoms with E-state index in [9.17, 15) is 4.79 Å². The second-order valence-electron chi connectivity index (χ2n) is 5.89. The van der Waals surface area contributed by atoms with Crippen molar-refractivity contribution in [3.05, 3.63) is 35.4 Å². The average molecular weight is 293 g/mol. The molecule has 1 aromatic carbocycles. The third-order valence-corrected chi connectivity index (χ3v) is 3.12. The van der Waals surface area contributed by atoms with Gasteiger partial charge in [-0.3, -0.25) is 4.79 Å². The van der Waals surface area contributed by atoms with Crippen LogP contribution < -0.4 is 5.32 Å². The molecule has 0 fully saturated rings. The maximum Gasteiger partial charge on any atom is 0.251 e. The number of nitrogens with one attached hydrogen (secondary N) is 1. The molecule has 1 aromatic rings. The van der Waals surface area contributed by atoms with Crippen LogP contribution in [0.4, 0.5) is 0 Å². The van der Waals surface area contributed by atoms with Crippen molar-refractivity contribution in [2.45, 2.75) is 33.1 Å². The predicted molar refractivity (Wildman–Crippen MR) is 84.8 cm³/mol. The van der Waals surface area contributed by atoms with Crippen LogP contribution in [0, 0.1) is 0 Å². The molecule has 4 heteroatoms. The van der Waals surface area contributed by atoms with Gasteiger partial charge in [-0.05, 0) is 30.0 Å². The van der Waals surface area contributed by atoms with Gasteiger partial charge in [0.25, 0.3) is 5.91 Å². The first-order valence-corrected chi connectivity index (χ1v) is 7.49. The molecule has 0 spiro atoms. The number of amides is 1. The maximum absolute atomic E-state index is 11.9. The van der Waals surface area contributed by atoms with Crippen molar-refractivity contribution in [3.63, 3.8) is 0 Å². The van der Waals surface area contributed by atoms with Gasteiger partial charge in [0.1, 0.15) is 0 Å². The summed E-state index contributed by atoms with van der Waals surface area (Å²) in [6.45, 7) is 11.3. The van der Waals surface area contributed by atoms with E-state index < -0.39 is 0 Å². The highest BCUT2D eigenvalue weighted by Crippen LogP contribution is 2.22. The Kier molecular flexibility index (Phi) is 7.40. The fourth-order valence-electron chi connectivity index (χ4n) is 1.82. The molecule has 0 saturated heterocycles. The molecule has 0 aliphatic rings. The van der Waals surface area contributed by atoms with Gasteiger partial charge in [-0.15, -0.1) is 0 Å². The molecule has 118 valence electrons. The molecule has 0 atom stereocenters. The number of hydrogen-bond acceptors (Lipinski definition) is 3. The standard InChI is InChI=1S/C17H27NO3/c1-5-20-12-13-21-11-10-18-16(19)14-6-8-15(9-7-14)17(2,3)4/h6-9H,5,10-13H2,1-4H3,(H,18,19). The van der Waals surface area contributed by atoms with Crippen LogP contribution in [0.3, 0.4) is 0 Å². The summed E-state index contributed by atoms with van der Waals surface area (Å²) in [4.78, 5) is 11.9. The molecule has 0 bridgehead atoms. The van der Waals surface area contributed by atoms with Crippen LogP contribution in [-0.4, -0.2) is 38.9 Å². The zero-order valence-electron chi connectivity index (χ0n) is 13.6. The molecule has 1 N–H and O–H groups in total. The molecule has 0 aliphatic heterocycles. The van der Waals surface area contributed by atoms with Gasteiger partial charge in [0.15, 0.2) is 0 Å². The second kappa shape index (κ2) is 8.80. The SMILES string of the molecule is CCOCCOCCNC(=O)c1ccc(C(C)(C)C)cc1. The predicted octanol–water partition coefficient (Wildman–Crippen LogP) is 2.77. The summed E-state index contributed by atoms with van der Waals surface area (Å²) in [6.07, 6.45) is 0. The topological polar surface area (TPSA) is 47.6 Å². The third kappa shape index (κ3) is 6.74. The van der Waals surface area contributed by atoms with E-state index in [4.69, 9.17) is 9.47 Å². The highest BCUT2D eigenvalue weighted by molar-refractivity contribution is 5.94. The van der Waals surface area contributed by atoms with Gasteiger partial charge >= 0.3 is 0 Å². The lowest BCUT2D eigenvalue weighted by molar-refractivity contribution is 0.0531. The van der Waals surface area contributed by atoms with Crippen molar-refractivity contribution in [1.29, 1.82) is 0 Å². The minimum atomic E-state index is -0.0659. The van der Waals surface area contributed by atoms with Crippen molar-refractivity contribution < 1.29 is 14.3 Å². The number of ether oxygens (including phenoxy) is 2. The second-order valence-corrected chi connectivity index (χ2v) is 5.89. The van der Waals surface area contributed by atoms with Gasteiger partial charge in [-0.25, -0.2) is 0 Å². The first-order valence-electron chi connectivity index (χ1n) is 7.49. The van der Waals surface area contributed by atoms with E-state index in [1.165, 1.54) is 5.56 Å². The molecule has 21 heavy (non-hydrogen) atoms. The minimum absolute atomic E-state index is 0.0659. The van der Waals surface area contributed by atoms with Crippen LogP contribution in [-0.2, 0) is 14.9 Å². The van der Waals surface area contributed by atoms with E-state index >= 15 is 0 Å². The van der Waals surface area contributed by atoms with Gasteiger partial charge in [-0.2, -0.15) is 0 Å². The Balaban J connectivity index is 2.29. The number of benzene rings is 1. The molecule has 0 unspecified atom stereocenters. The maximum atomic E-state index is 11.9. The third-order valence-electron chi connectivity index (χ3n) is 3.12. The highest BCUT2D eigenvalue weighted by Gasteiger charge is 2.14. The fourth-order valence-corrected chi connectivity index (χ4v) is 1.82. The summed E-state index contributed by atoms with van der Waals surface area (Å²) in [6, 6.07) is 7.75. The van der Waals surface area contributed by atoms with Crippen molar-refractivity contribution >= 4 is 5.91 Å². The van der Waals surface area contributed by atoms with E-state index in [1.54, 1.807) is 0 Å². The largest absolute Gasteiger partial charge is 0.379 e. The summed E-state index contributed by atoms with van der Waals surface area (Å²) >= 11 is 0. The van der Waals surface area contributed by atoms with Crippen LogP contribution in [0.5, 0.6) is 0 Å². The first-order chi connectivity index (χ1) is 9.95. The lowest BCUT2D eigenvalue weighted by atomic mass is 9.87. The van der Waals surface area contributed by atoms with Gasteiger partial charge in [0.05, 0.1) is 19.8 Å². The first kappa shape index (κ1) is 17.7. The summed E-state index contributed by atoms with van der Waals surface area (Å²) in [5, 5.41) is 2.84. The number of rotatable bonds is 8. The minimum Gasteiger partial charge on any atom is -0.379 e. The molecule has 0 aliphatic carbocycles. The summed E-state index contributed by atoms with van der Waals surface area (Å²) in [7, 11) is 0. The van der Waals surface area contributed by atoms with Gasteiger partial charge < -0.3 is 14.8 Å². The molecule has 1 rings (SSSR count). The summed E-state index contributed by atoms with van der Waals surface area (Å²) < 4.78 is 10.5. The van der Waals surface area contributed by atoms with E-state index in [2.05, 4.69) is 26.1 Å². The molecule has 4 nitrogen and oxygen atoms in total. The monoisotopic (exact) mass is 293 g/mol.